The predicted octanol–water partition coefficient (Wildman–Crippen LogP) is 5.80. The SMILES string of the molecule is Cc1ccc(NC(=O)CSc2nc3ccccc3c(=O)n2-c2cccc(C)c2C)c(Br)c1. The van der Waals surface area contributed by atoms with Crippen LogP contribution in [0.5, 0.6) is 0 Å². The maximum atomic E-state index is 13.4. The second-order valence-corrected chi connectivity index (χ2v) is 9.39. The van der Waals surface area contributed by atoms with E-state index in [1.165, 1.54) is 11.8 Å². The van der Waals surface area contributed by atoms with Gasteiger partial charge in [0.25, 0.3) is 5.56 Å². The summed E-state index contributed by atoms with van der Waals surface area (Å²) in [6.45, 7) is 5.99. The van der Waals surface area contributed by atoms with Gasteiger partial charge in [0, 0.05) is 4.47 Å². The fourth-order valence-electron chi connectivity index (χ4n) is 3.44. The van der Waals surface area contributed by atoms with Gasteiger partial charge in [-0.2, -0.15) is 0 Å². The summed E-state index contributed by atoms with van der Waals surface area (Å²) in [6, 6.07) is 18.9. The lowest BCUT2D eigenvalue weighted by Crippen LogP contribution is -2.23. The van der Waals surface area contributed by atoms with Crippen molar-refractivity contribution in [2.75, 3.05) is 11.1 Å². The van der Waals surface area contributed by atoms with Gasteiger partial charge in [0.1, 0.15) is 0 Å². The number of thioether (sulfide) groups is 1. The van der Waals surface area contributed by atoms with Crippen molar-refractivity contribution in [3.8, 4) is 5.69 Å². The largest absolute Gasteiger partial charge is 0.324 e. The number of nitrogens with one attached hydrogen (secondary N) is 1. The molecule has 5 nitrogen and oxygen atoms in total. The molecule has 32 heavy (non-hydrogen) atoms. The monoisotopic (exact) mass is 507 g/mol. The number of aromatic nitrogens is 2. The standard InChI is InChI=1S/C25H22BrN3O2S/c1-15-11-12-21(19(26)13-15)27-23(30)14-32-25-28-20-9-5-4-8-18(20)24(31)29(25)22-10-6-7-16(2)17(22)3/h4-13H,14H2,1-3H3,(H,27,30). The molecule has 0 aliphatic heterocycles. The minimum absolute atomic E-state index is 0.121. The first-order valence-electron chi connectivity index (χ1n) is 10.1. The summed E-state index contributed by atoms with van der Waals surface area (Å²) >= 11 is 4.73. The Bertz CT molecular complexity index is 1400. The van der Waals surface area contributed by atoms with Crippen LogP contribution in [0.4, 0.5) is 5.69 Å². The maximum Gasteiger partial charge on any atom is 0.266 e. The first-order chi connectivity index (χ1) is 15.3. The number of rotatable bonds is 5. The highest BCUT2D eigenvalue weighted by Crippen LogP contribution is 2.26. The van der Waals surface area contributed by atoms with Crippen molar-refractivity contribution in [1.29, 1.82) is 0 Å². The topological polar surface area (TPSA) is 64.0 Å². The van der Waals surface area contributed by atoms with Gasteiger partial charge < -0.3 is 5.32 Å². The number of para-hydroxylation sites is 1. The Morgan fingerprint density at radius 1 is 1.06 bits per heavy atom. The Labute approximate surface area is 199 Å². The van der Waals surface area contributed by atoms with E-state index in [-0.39, 0.29) is 17.2 Å². The van der Waals surface area contributed by atoms with Gasteiger partial charge in [-0.3, -0.25) is 14.2 Å². The quantitative estimate of drug-likeness (QED) is 0.273. The lowest BCUT2D eigenvalue weighted by atomic mass is 10.1. The van der Waals surface area contributed by atoms with Crippen LogP contribution in [-0.2, 0) is 4.79 Å². The van der Waals surface area contributed by atoms with Crippen molar-refractivity contribution >= 4 is 50.2 Å². The van der Waals surface area contributed by atoms with E-state index >= 15 is 0 Å². The molecule has 1 heterocycles. The van der Waals surface area contributed by atoms with Crippen LogP contribution in [0.25, 0.3) is 16.6 Å². The van der Waals surface area contributed by atoms with Gasteiger partial charge in [-0.05, 0) is 83.7 Å². The molecule has 0 aliphatic carbocycles. The highest BCUT2D eigenvalue weighted by atomic mass is 79.9. The molecule has 0 bridgehead atoms. The van der Waals surface area contributed by atoms with Crippen molar-refractivity contribution < 1.29 is 4.79 Å². The van der Waals surface area contributed by atoms with E-state index in [0.717, 1.165) is 26.9 Å². The summed E-state index contributed by atoms with van der Waals surface area (Å²) in [5, 5.41) is 3.95. The average Bonchev–Trinajstić information content (AvgIpc) is 2.77. The van der Waals surface area contributed by atoms with Crippen LogP contribution in [0.3, 0.4) is 0 Å². The zero-order valence-electron chi connectivity index (χ0n) is 18.0. The number of carbonyl (C=O) groups excluding carboxylic acids is 1. The number of anilines is 1. The van der Waals surface area contributed by atoms with Crippen LogP contribution >= 0.6 is 27.7 Å². The molecule has 0 saturated heterocycles. The summed E-state index contributed by atoms with van der Waals surface area (Å²) in [5.41, 5.74) is 5.14. The second kappa shape index (κ2) is 9.30. The summed E-state index contributed by atoms with van der Waals surface area (Å²) in [7, 11) is 0. The van der Waals surface area contributed by atoms with Gasteiger partial charge >= 0.3 is 0 Å². The molecule has 1 N–H and O–H groups in total. The molecule has 7 heteroatoms. The van der Waals surface area contributed by atoms with Crippen LogP contribution in [0.15, 0.2) is 75.1 Å². The number of hydrogen-bond acceptors (Lipinski definition) is 4. The van der Waals surface area contributed by atoms with Gasteiger partial charge in [-0.1, -0.05) is 42.1 Å². The summed E-state index contributed by atoms with van der Waals surface area (Å²) < 4.78 is 2.44. The number of aryl methyl sites for hydroxylation is 2. The minimum atomic E-state index is -0.172. The van der Waals surface area contributed by atoms with E-state index < -0.39 is 0 Å². The van der Waals surface area contributed by atoms with E-state index in [1.807, 2.05) is 75.4 Å². The van der Waals surface area contributed by atoms with Crippen molar-refractivity contribution in [2.45, 2.75) is 25.9 Å². The molecular formula is C25H22BrN3O2S. The molecule has 3 aromatic carbocycles. The van der Waals surface area contributed by atoms with Crippen molar-refractivity contribution in [1.82, 2.24) is 9.55 Å². The maximum absolute atomic E-state index is 13.4. The zero-order chi connectivity index (χ0) is 22.8. The number of hydrogen-bond donors (Lipinski definition) is 1. The van der Waals surface area contributed by atoms with Gasteiger partial charge in [-0.15, -0.1) is 0 Å². The molecule has 0 unspecified atom stereocenters. The third kappa shape index (κ3) is 4.49. The molecule has 1 amide bonds. The van der Waals surface area contributed by atoms with Crippen LogP contribution < -0.4 is 10.9 Å². The fraction of sp³-hybridized carbons (Fsp3) is 0.160. The Hall–Kier alpha value is -2.90. The lowest BCUT2D eigenvalue weighted by molar-refractivity contribution is -0.113. The van der Waals surface area contributed by atoms with Crippen LogP contribution in [0, 0.1) is 20.8 Å². The minimum Gasteiger partial charge on any atom is -0.324 e. The first-order valence-corrected chi connectivity index (χ1v) is 11.9. The summed E-state index contributed by atoms with van der Waals surface area (Å²) in [5.74, 6) is -0.0508. The number of amides is 1. The second-order valence-electron chi connectivity index (χ2n) is 7.59. The number of fused-ring (bicyclic) bond motifs is 1. The average molecular weight is 508 g/mol. The Morgan fingerprint density at radius 2 is 1.84 bits per heavy atom. The number of nitrogens with zero attached hydrogens (tertiary/aromatic N) is 2. The Balaban J connectivity index is 1.70. The van der Waals surface area contributed by atoms with Crippen LogP contribution in [0.1, 0.15) is 16.7 Å². The molecule has 0 radical (unpaired) electrons. The van der Waals surface area contributed by atoms with Crippen LogP contribution in [-0.4, -0.2) is 21.2 Å². The van der Waals surface area contributed by atoms with E-state index in [1.54, 1.807) is 10.6 Å². The van der Waals surface area contributed by atoms with Gasteiger partial charge in [0.05, 0.1) is 28.0 Å². The van der Waals surface area contributed by atoms with E-state index in [2.05, 4.69) is 21.2 Å². The number of halogens is 1. The molecule has 0 saturated carbocycles. The third-order valence-corrected chi connectivity index (χ3v) is 6.89. The molecule has 0 atom stereocenters. The molecular weight excluding hydrogens is 486 g/mol. The molecule has 0 fully saturated rings. The molecule has 0 spiro atoms. The molecule has 1 aromatic heterocycles. The van der Waals surface area contributed by atoms with Crippen molar-refractivity contribution in [3.05, 3.63) is 92.2 Å². The van der Waals surface area contributed by atoms with E-state index in [4.69, 9.17) is 4.98 Å². The van der Waals surface area contributed by atoms with E-state index in [0.29, 0.717) is 21.7 Å². The normalized spacial score (nSPS) is 11.0. The number of carbonyl (C=O) groups is 1. The smallest absolute Gasteiger partial charge is 0.266 e. The zero-order valence-corrected chi connectivity index (χ0v) is 20.4. The highest BCUT2D eigenvalue weighted by molar-refractivity contribution is 9.10. The predicted molar refractivity (Wildman–Crippen MR) is 135 cm³/mol. The lowest BCUT2D eigenvalue weighted by Gasteiger charge is -2.16. The fourth-order valence-corrected chi connectivity index (χ4v) is 4.84. The molecule has 0 aliphatic rings. The van der Waals surface area contributed by atoms with E-state index in [9.17, 15) is 9.59 Å². The molecule has 4 rings (SSSR count). The van der Waals surface area contributed by atoms with Crippen LogP contribution in [0.2, 0.25) is 0 Å². The summed E-state index contributed by atoms with van der Waals surface area (Å²) in [6.07, 6.45) is 0. The van der Waals surface area contributed by atoms with Gasteiger partial charge in [0.15, 0.2) is 5.16 Å². The third-order valence-electron chi connectivity index (χ3n) is 5.29. The van der Waals surface area contributed by atoms with Crippen molar-refractivity contribution in [2.24, 2.45) is 0 Å². The van der Waals surface area contributed by atoms with Crippen molar-refractivity contribution in [3.63, 3.8) is 0 Å². The number of benzene rings is 3. The summed E-state index contributed by atoms with van der Waals surface area (Å²) in [4.78, 5) is 30.8. The first kappa shape index (κ1) is 22.3. The Morgan fingerprint density at radius 3 is 2.62 bits per heavy atom. The highest BCUT2D eigenvalue weighted by Gasteiger charge is 2.17. The van der Waals surface area contributed by atoms with Gasteiger partial charge in [0.2, 0.25) is 5.91 Å². The molecule has 4 aromatic rings. The molecule has 162 valence electrons. The van der Waals surface area contributed by atoms with Gasteiger partial charge in [-0.25, -0.2) is 4.98 Å². The Kier molecular flexibility index (Phi) is 6.48.